The van der Waals surface area contributed by atoms with Crippen LogP contribution in [-0.4, -0.2) is 73.7 Å². The van der Waals surface area contributed by atoms with Gasteiger partial charge in [-0.25, -0.2) is 0 Å². The summed E-state index contributed by atoms with van der Waals surface area (Å²) in [7, 11) is 0. The number of para-hydroxylation sites is 4. The predicted octanol–water partition coefficient (Wildman–Crippen LogP) is 6.83. The van der Waals surface area contributed by atoms with Crippen LogP contribution in [0.1, 0.15) is 77.0 Å². The minimum absolute atomic E-state index is 0. The first kappa shape index (κ1) is 46.4. The third-order valence-electron chi connectivity index (χ3n) is 18.1. The van der Waals surface area contributed by atoms with Gasteiger partial charge in [0.1, 0.15) is 35.2 Å². The summed E-state index contributed by atoms with van der Waals surface area (Å²) in [5, 5.41) is 34.5. The summed E-state index contributed by atoms with van der Waals surface area (Å²) in [6.07, 6.45) is 13.9. The second kappa shape index (κ2) is 20.4. The fourth-order valence-electron chi connectivity index (χ4n) is 15.2. The summed E-state index contributed by atoms with van der Waals surface area (Å²) < 4.78 is 29.6. The van der Waals surface area contributed by atoms with E-state index in [9.17, 15) is 0 Å². The average molecular weight is 985 g/mol. The molecular weight excluding hydrogens is 912 g/mol. The van der Waals surface area contributed by atoms with Crippen LogP contribution in [-0.2, 0) is 17.1 Å². The minimum Gasteiger partial charge on any atom is -0.486 e. The van der Waals surface area contributed by atoms with Gasteiger partial charge in [0, 0.05) is 28.9 Å². The molecule has 5 saturated heterocycles. The Balaban J connectivity index is 0.00000492. The number of ether oxygens (including phenoxy) is 4. The van der Waals surface area contributed by atoms with Gasteiger partial charge in [-0.15, -0.1) is 0 Å². The SMILES string of the molecule is [Cu].c1ccc(OC2C(Oc3ccccc3)C(Oc3ccccc3)C3C4NC5NC(NC6NC(NC7NC(NC(N4)C3C2Oc2ccccc2)C2CCCCC72)C2CCCCC62)C2CCCCC52)cc1. The van der Waals surface area contributed by atoms with Crippen molar-refractivity contribution in [2.45, 2.75) is 151 Å². The van der Waals surface area contributed by atoms with Crippen molar-refractivity contribution in [2.75, 3.05) is 0 Å². The molecule has 13 rings (SSSR count). The van der Waals surface area contributed by atoms with E-state index in [1.165, 1.54) is 77.0 Å². The molecule has 8 bridgehead atoms. The zero-order valence-electron chi connectivity index (χ0n) is 39.5. The van der Waals surface area contributed by atoms with Crippen LogP contribution in [0.2, 0.25) is 0 Å². The fraction of sp³-hybridized carbons (Fsp3) is 0.571. The summed E-state index contributed by atoms with van der Waals surface area (Å²) in [5.74, 6) is 6.19. The molecule has 5 aliphatic heterocycles. The van der Waals surface area contributed by atoms with Crippen LogP contribution in [0, 0.1) is 47.3 Å². The van der Waals surface area contributed by atoms with E-state index < -0.39 is 24.4 Å². The van der Waals surface area contributed by atoms with Gasteiger partial charge in [-0.2, -0.15) is 0 Å². The van der Waals surface area contributed by atoms with Gasteiger partial charge in [-0.1, -0.05) is 111 Å². The third kappa shape index (κ3) is 9.13. The molecule has 8 N–H and O–H groups in total. The Morgan fingerprint density at radius 3 is 0.710 bits per heavy atom. The maximum absolute atomic E-state index is 7.48. The second-order valence-corrected chi connectivity index (χ2v) is 21.7. The van der Waals surface area contributed by atoms with Crippen LogP contribution >= 0.6 is 0 Å². The van der Waals surface area contributed by atoms with Crippen LogP contribution < -0.4 is 61.5 Å². The zero-order chi connectivity index (χ0) is 45.0. The molecule has 20 atom stereocenters. The number of hydrogen-bond acceptors (Lipinski definition) is 12. The first-order valence-electron chi connectivity index (χ1n) is 26.6. The molecule has 4 aliphatic carbocycles. The molecule has 9 fully saturated rings. The summed E-state index contributed by atoms with van der Waals surface area (Å²) in [5.41, 5.74) is 0. The van der Waals surface area contributed by atoms with E-state index >= 15 is 0 Å². The Morgan fingerprint density at radius 1 is 0.261 bits per heavy atom. The molecule has 13 heteroatoms. The number of benzene rings is 4. The third-order valence-corrected chi connectivity index (χ3v) is 18.1. The van der Waals surface area contributed by atoms with Crippen molar-refractivity contribution in [3.05, 3.63) is 121 Å². The smallest absolute Gasteiger partial charge is 0.176 e. The molecule has 0 spiro atoms. The average Bonchev–Trinajstić information content (AvgIpc) is 4.13. The van der Waals surface area contributed by atoms with Crippen molar-refractivity contribution in [2.24, 2.45) is 47.3 Å². The number of hydrogen-bond donors (Lipinski definition) is 8. The van der Waals surface area contributed by atoms with Crippen LogP contribution in [0.5, 0.6) is 23.0 Å². The Morgan fingerprint density at radius 2 is 0.464 bits per heavy atom. The van der Waals surface area contributed by atoms with E-state index in [4.69, 9.17) is 18.9 Å². The van der Waals surface area contributed by atoms with Crippen molar-refractivity contribution in [1.82, 2.24) is 42.5 Å². The molecule has 1 radical (unpaired) electrons. The second-order valence-electron chi connectivity index (χ2n) is 21.7. The molecule has 4 aromatic carbocycles. The molecule has 9 aliphatic rings. The largest absolute Gasteiger partial charge is 0.486 e. The van der Waals surface area contributed by atoms with Gasteiger partial charge in [0.15, 0.2) is 12.2 Å². The first-order chi connectivity index (χ1) is 33.7. The normalized spacial score (nSPS) is 42.1. The van der Waals surface area contributed by atoms with Gasteiger partial charge in [-0.05, 0) is 123 Å². The van der Waals surface area contributed by atoms with Gasteiger partial charge >= 0.3 is 0 Å². The standard InChI is InChI=1S/C56H72N8O4.Cu/c1-5-19-33(20-6-1)65-45-43-44(46(66-34-21-7-2-8-22-34)48(68-36-25-11-4-12-26-36)47(45)67-35-23-9-3-10-24-35)56-63-54-42-32-18-16-30-40(42)52(61-54)59-50-38-28-14-13-27-37(38)49(57-50)58-51-39-29-15-17-31-41(39)53(60-51)62-55(43)64-56;/h1-12,19-26,37-64H,13-18,27-32H2;. The predicted molar refractivity (Wildman–Crippen MR) is 262 cm³/mol. The molecule has 0 aromatic heterocycles. The van der Waals surface area contributed by atoms with E-state index in [0.29, 0.717) is 35.5 Å². The summed E-state index contributed by atoms with van der Waals surface area (Å²) >= 11 is 0. The quantitative estimate of drug-likeness (QED) is 0.0881. The van der Waals surface area contributed by atoms with Crippen molar-refractivity contribution < 1.29 is 36.0 Å². The monoisotopic (exact) mass is 983 g/mol. The van der Waals surface area contributed by atoms with E-state index in [-0.39, 0.29) is 78.2 Å². The molecule has 4 aromatic rings. The van der Waals surface area contributed by atoms with Gasteiger partial charge in [0.2, 0.25) is 0 Å². The van der Waals surface area contributed by atoms with Gasteiger partial charge < -0.3 is 18.9 Å². The molecule has 12 nitrogen and oxygen atoms in total. The van der Waals surface area contributed by atoms with Crippen molar-refractivity contribution >= 4 is 0 Å². The van der Waals surface area contributed by atoms with Crippen molar-refractivity contribution in [3.63, 3.8) is 0 Å². The zero-order valence-corrected chi connectivity index (χ0v) is 40.5. The molecule has 69 heavy (non-hydrogen) atoms. The van der Waals surface area contributed by atoms with Crippen LogP contribution in [0.15, 0.2) is 121 Å². The van der Waals surface area contributed by atoms with Crippen LogP contribution in [0.3, 0.4) is 0 Å². The van der Waals surface area contributed by atoms with Gasteiger partial charge in [0.05, 0.1) is 49.3 Å². The fourth-order valence-corrected chi connectivity index (χ4v) is 15.2. The Bertz CT molecular complexity index is 2120. The summed E-state index contributed by atoms with van der Waals surface area (Å²) in [6, 6.07) is 41.1. The summed E-state index contributed by atoms with van der Waals surface area (Å²) in [4.78, 5) is 0. The minimum atomic E-state index is -0.578. The molecule has 0 amide bonds. The Hall–Kier alpha value is -3.72. The van der Waals surface area contributed by atoms with Crippen molar-refractivity contribution in [3.8, 4) is 23.0 Å². The molecule has 371 valence electrons. The molecule has 5 heterocycles. The maximum Gasteiger partial charge on any atom is 0.176 e. The number of fused-ring (bicyclic) bond motifs is 20. The Kier molecular flexibility index (Phi) is 13.7. The summed E-state index contributed by atoms with van der Waals surface area (Å²) in [6.45, 7) is 0. The van der Waals surface area contributed by atoms with Crippen LogP contribution in [0.25, 0.3) is 0 Å². The van der Waals surface area contributed by atoms with Gasteiger partial charge in [0.25, 0.3) is 0 Å². The van der Waals surface area contributed by atoms with Crippen LogP contribution in [0.4, 0.5) is 0 Å². The van der Waals surface area contributed by atoms with E-state index in [1.807, 2.05) is 60.7 Å². The van der Waals surface area contributed by atoms with Crippen molar-refractivity contribution in [1.29, 1.82) is 0 Å². The molecule has 4 saturated carbocycles. The maximum atomic E-state index is 7.48. The first-order valence-corrected chi connectivity index (χ1v) is 26.6. The van der Waals surface area contributed by atoms with E-state index in [0.717, 1.165) is 23.0 Å². The van der Waals surface area contributed by atoms with E-state index in [1.54, 1.807) is 0 Å². The number of nitrogens with one attached hydrogen (secondary N) is 8. The Labute approximate surface area is 419 Å². The van der Waals surface area contributed by atoms with E-state index in [2.05, 4.69) is 103 Å². The molecule has 20 unspecified atom stereocenters. The molecular formula is C56H72CuN8O4. The number of rotatable bonds is 8. The van der Waals surface area contributed by atoms with Gasteiger partial charge in [-0.3, -0.25) is 42.5 Å². The topological polar surface area (TPSA) is 133 Å².